The van der Waals surface area contributed by atoms with Gasteiger partial charge in [0.2, 0.25) is 47.3 Å². The number of unbranched alkanes of at least 4 members (excludes halogenated alkanes) is 28. The first-order chi connectivity index (χ1) is 45.8. The Balaban J connectivity index is 6.29. The summed E-state index contributed by atoms with van der Waals surface area (Å²) in [6, 6.07) is -8.23. The van der Waals surface area contributed by atoms with Gasteiger partial charge < -0.3 is 54.0 Å². The molecule has 0 bridgehead atoms. The summed E-state index contributed by atoms with van der Waals surface area (Å²) in [6.45, 7) is 25.0. The van der Waals surface area contributed by atoms with E-state index in [0.717, 1.165) is 51.4 Å². The monoisotopic (exact) mass is 1360 g/mol. The molecule has 19 nitrogen and oxygen atoms in total. The maximum absolute atomic E-state index is 14.5. The second kappa shape index (κ2) is 58.2. The van der Waals surface area contributed by atoms with Crippen molar-refractivity contribution in [2.75, 3.05) is 13.1 Å². The molecule has 0 rings (SSSR count). The zero-order chi connectivity index (χ0) is 72.1. The highest BCUT2D eigenvalue weighted by atomic mass is 16.2. The van der Waals surface area contributed by atoms with Crippen LogP contribution in [0.3, 0.4) is 0 Å². The van der Waals surface area contributed by atoms with Crippen LogP contribution in [-0.2, 0) is 43.2 Å². The third-order valence-corrected chi connectivity index (χ3v) is 18.4. The Morgan fingerprint density at radius 1 is 0.250 bits per heavy atom. The molecule has 8 amide bonds. The molecule has 560 valence electrons. The van der Waals surface area contributed by atoms with Crippen molar-refractivity contribution in [3.05, 3.63) is 0 Å². The van der Waals surface area contributed by atoms with Gasteiger partial charge in [0, 0.05) is 5.92 Å². The molecule has 0 saturated carbocycles. The number of rotatable bonds is 63. The van der Waals surface area contributed by atoms with Gasteiger partial charge in [-0.3, -0.25) is 43.2 Å². The molecule has 19 heteroatoms. The van der Waals surface area contributed by atoms with Gasteiger partial charge in [0.15, 0.2) is 5.78 Å². The van der Waals surface area contributed by atoms with Crippen LogP contribution < -0.4 is 54.0 Å². The van der Waals surface area contributed by atoms with E-state index >= 15 is 0 Å². The van der Waals surface area contributed by atoms with E-state index in [0.29, 0.717) is 51.6 Å². The number of nitrogens with one attached hydrogen (secondary N) is 8. The minimum Gasteiger partial charge on any atom is -0.345 e. The van der Waals surface area contributed by atoms with Crippen LogP contribution >= 0.6 is 0 Å². The molecule has 0 unspecified atom stereocenters. The molecule has 0 radical (unpaired) electrons. The second-order valence-electron chi connectivity index (χ2n) is 30.0. The summed E-state index contributed by atoms with van der Waals surface area (Å²) in [5.41, 5.74) is 11.8. The quantitative estimate of drug-likeness (QED) is 0.0255. The van der Waals surface area contributed by atoms with E-state index in [9.17, 15) is 43.2 Å². The van der Waals surface area contributed by atoms with Crippen LogP contribution in [0, 0.1) is 29.6 Å². The Hall–Kier alpha value is -4.65. The fraction of sp³-hybridized carbons (Fsp3) is 0.883. The van der Waals surface area contributed by atoms with Gasteiger partial charge in [0.05, 0.1) is 6.04 Å². The van der Waals surface area contributed by atoms with Crippen LogP contribution in [0.15, 0.2) is 0 Å². The fourth-order valence-electron chi connectivity index (χ4n) is 12.5. The van der Waals surface area contributed by atoms with E-state index < -0.39 is 89.7 Å². The summed E-state index contributed by atoms with van der Waals surface area (Å²) in [5.74, 6) is -4.81. The molecule has 0 spiro atoms. The molecule has 8 atom stereocenters. The number of carbonyl (C=O) groups excluding carboxylic acids is 9. The van der Waals surface area contributed by atoms with E-state index in [1.165, 1.54) is 162 Å². The number of hydrogen-bond donors (Lipinski definition) is 10. The topological polar surface area (TPSA) is 302 Å². The fourth-order valence-corrected chi connectivity index (χ4v) is 12.5. The summed E-state index contributed by atoms with van der Waals surface area (Å²) in [6.07, 6.45) is 40.6. The van der Waals surface area contributed by atoms with Gasteiger partial charge in [0.1, 0.15) is 42.3 Å². The molecule has 0 fully saturated rings. The second-order valence-corrected chi connectivity index (χ2v) is 30.0. The maximum Gasteiger partial charge on any atom is 0.243 e. The molecular formula is C77H148N10O9. The third kappa shape index (κ3) is 47.4. The predicted octanol–water partition coefficient (Wildman–Crippen LogP) is 13.3. The summed E-state index contributed by atoms with van der Waals surface area (Å²) >= 11 is 0. The molecule has 0 aromatic carbocycles. The first-order valence-electron chi connectivity index (χ1n) is 39.1. The molecule has 0 aliphatic rings. The maximum atomic E-state index is 14.5. The van der Waals surface area contributed by atoms with E-state index in [-0.39, 0.29) is 67.0 Å². The zero-order valence-electron chi connectivity index (χ0n) is 63.5. The zero-order valence-corrected chi connectivity index (χ0v) is 63.5. The van der Waals surface area contributed by atoms with Crippen molar-refractivity contribution in [3.8, 4) is 0 Å². The van der Waals surface area contributed by atoms with Crippen molar-refractivity contribution in [1.29, 1.82) is 0 Å². The molecule has 0 aliphatic heterocycles. The first-order valence-corrected chi connectivity index (χ1v) is 39.1. The minimum absolute atomic E-state index is 0.0459. The smallest absolute Gasteiger partial charge is 0.243 e. The van der Waals surface area contributed by atoms with Crippen LogP contribution in [0.25, 0.3) is 0 Å². The lowest BCUT2D eigenvalue weighted by Crippen LogP contribution is -2.60. The summed E-state index contributed by atoms with van der Waals surface area (Å²) in [4.78, 5) is 125. The van der Waals surface area contributed by atoms with Crippen molar-refractivity contribution < 1.29 is 43.2 Å². The Morgan fingerprint density at radius 3 is 0.750 bits per heavy atom. The van der Waals surface area contributed by atoms with Crippen molar-refractivity contribution in [2.24, 2.45) is 41.1 Å². The van der Waals surface area contributed by atoms with E-state index in [4.69, 9.17) is 11.5 Å². The number of nitrogens with two attached hydrogens (primary N) is 2. The standard InChI is InChI=1S/C77H148N10O9/c1-14-16-18-20-22-24-26-28-30-32-34-36-38-40-46-63(47-41-39-37-35-33-31-29-27-25-23-21-19-17-15-2)72(91)82-64(48-42-44-50-78)73(92)86-67(53-57(5)6)76(95)81-61(12)71(90)85-69(55-59(9)10)77(96)83-65(49-43-45-51-79)74(93)87-68(54-58(7)8)75(94)80-60(11)70(89)84-66(62(13)88)52-56(3)4/h56-61,63-69H,14-55,78-79H2,1-13H3,(H,80,94)(H,81,95)(H,82,91)(H,83,96)(H,84,89)(H,85,90)(H,86,92)(H,87,93)/t60-,61-,64-,65-,66-,67-,68-,69-/m0/s1. The number of carbonyl (C=O) groups is 9. The lowest BCUT2D eigenvalue weighted by Gasteiger charge is -2.28. The Kier molecular flexibility index (Phi) is 55.4. The van der Waals surface area contributed by atoms with E-state index in [2.05, 4.69) is 56.4 Å². The van der Waals surface area contributed by atoms with Crippen molar-refractivity contribution in [2.45, 2.75) is 395 Å². The van der Waals surface area contributed by atoms with Gasteiger partial charge >= 0.3 is 0 Å². The van der Waals surface area contributed by atoms with Crippen molar-refractivity contribution in [3.63, 3.8) is 0 Å². The number of hydrogen-bond acceptors (Lipinski definition) is 11. The lowest BCUT2D eigenvalue weighted by molar-refractivity contribution is -0.136. The minimum atomic E-state index is -1.16. The molecule has 0 saturated heterocycles. The van der Waals surface area contributed by atoms with Crippen molar-refractivity contribution >= 4 is 53.0 Å². The number of Topliss-reactive ketones (excluding diaryl/α,β-unsaturated/α-hetero) is 1. The van der Waals surface area contributed by atoms with Gasteiger partial charge in [-0.05, 0) is 135 Å². The summed E-state index contributed by atoms with van der Waals surface area (Å²) in [7, 11) is 0. The van der Waals surface area contributed by atoms with Crippen LogP contribution in [0.5, 0.6) is 0 Å². The molecule has 0 aromatic rings. The van der Waals surface area contributed by atoms with Gasteiger partial charge in [0.25, 0.3) is 0 Å². The van der Waals surface area contributed by atoms with Crippen LogP contribution in [0.1, 0.15) is 347 Å². The SMILES string of the molecule is CCCCCCCCCCCCCCCCC(CCCCCCCCCCCCCCCC)C(=O)N[C@@H](CCCCN)C(=O)N[C@@H](CC(C)C)C(=O)N[C@@H](C)C(=O)N[C@@H](CC(C)C)C(=O)N[C@@H](CCCCN)C(=O)N[C@@H](CC(C)C)C(=O)N[C@@H](C)C(=O)N[C@@H](CC(C)C)C(C)=O. The molecule has 12 N–H and O–H groups in total. The Bertz CT molecular complexity index is 2060. The van der Waals surface area contributed by atoms with Gasteiger partial charge in [-0.15, -0.1) is 0 Å². The average molecular weight is 1360 g/mol. The molecule has 96 heavy (non-hydrogen) atoms. The van der Waals surface area contributed by atoms with E-state index in [1.807, 2.05) is 55.4 Å². The molecular weight excluding hydrogens is 1210 g/mol. The molecule has 0 heterocycles. The first kappa shape index (κ1) is 91.4. The predicted molar refractivity (Wildman–Crippen MR) is 394 cm³/mol. The number of amides is 8. The normalized spacial score (nSPS) is 14.2. The third-order valence-electron chi connectivity index (χ3n) is 18.4. The number of ketones is 1. The summed E-state index contributed by atoms with van der Waals surface area (Å²) < 4.78 is 0. The van der Waals surface area contributed by atoms with Gasteiger partial charge in [-0.25, -0.2) is 0 Å². The van der Waals surface area contributed by atoms with Crippen molar-refractivity contribution in [1.82, 2.24) is 42.5 Å². The largest absolute Gasteiger partial charge is 0.345 e. The lowest BCUT2D eigenvalue weighted by atomic mass is 9.92. The van der Waals surface area contributed by atoms with Crippen LogP contribution in [0.4, 0.5) is 0 Å². The Labute approximate surface area is 585 Å². The average Bonchev–Trinajstić information content (AvgIpc) is 0.926. The highest BCUT2D eigenvalue weighted by molar-refractivity contribution is 5.98. The van der Waals surface area contributed by atoms with Crippen LogP contribution in [-0.4, -0.2) is 114 Å². The highest BCUT2D eigenvalue weighted by Gasteiger charge is 2.35. The van der Waals surface area contributed by atoms with Gasteiger partial charge in [-0.1, -0.05) is 249 Å². The highest BCUT2D eigenvalue weighted by Crippen LogP contribution is 2.23. The molecule has 0 aliphatic carbocycles. The van der Waals surface area contributed by atoms with Crippen LogP contribution in [0.2, 0.25) is 0 Å². The van der Waals surface area contributed by atoms with E-state index in [1.54, 1.807) is 0 Å². The Morgan fingerprint density at radius 2 is 0.469 bits per heavy atom. The molecule has 0 aromatic heterocycles. The summed E-state index contributed by atoms with van der Waals surface area (Å²) in [5, 5.41) is 22.8. The van der Waals surface area contributed by atoms with Gasteiger partial charge in [-0.2, -0.15) is 0 Å².